The van der Waals surface area contributed by atoms with Gasteiger partial charge in [0.2, 0.25) is 0 Å². The number of halogens is 4. The number of benzene rings is 2. The van der Waals surface area contributed by atoms with Crippen LogP contribution in [0.4, 0.5) is 17.6 Å². The summed E-state index contributed by atoms with van der Waals surface area (Å²) in [5.74, 6) is -0.681. The van der Waals surface area contributed by atoms with Gasteiger partial charge in [0, 0.05) is 0 Å². The molecule has 0 aromatic heterocycles. The van der Waals surface area contributed by atoms with Crippen molar-refractivity contribution in [3.63, 3.8) is 0 Å². The lowest BCUT2D eigenvalue weighted by Crippen LogP contribution is -2.42. The number of rotatable bonds is 6. The third-order valence-corrected chi connectivity index (χ3v) is 3.67. The van der Waals surface area contributed by atoms with Gasteiger partial charge in [-0.2, -0.15) is 0 Å². The van der Waals surface area contributed by atoms with Crippen LogP contribution in [0, 0.1) is 5.82 Å². The summed E-state index contributed by atoms with van der Waals surface area (Å²) in [5.41, 5.74) is 5.57. The second kappa shape index (κ2) is 8.26. The molecule has 0 aliphatic rings. The molecule has 0 radical (unpaired) electrons. The van der Waals surface area contributed by atoms with Gasteiger partial charge in [-0.15, -0.1) is 13.2 Å². The number of alkyl halides is 3. The number of aliphatic hydroxyl groups is 1. The Labute approximate surface area is 153 Å². The second-order valence-corrected chi connectivity index (χ2v) is 6.03. The van der Waals surface area contributed by atoms with E-state index in [0.29, 0.717) is 11.1 Å². The maximum absolute atomic E-state index is 13.0. The number of guanidine groups is 1. The summed E-state index contributed by atoms with van der Waals surface area (Å²) < 4.78 is 53.1. The van der Waals surface area contributed by atoms with Gasteiger partial charge in [-0.1, -0.05) is 24.3 Å². The fourth-order valence-electron chi connectivity index (χ4n) is 2.20. The summed E-state index contributed by atoms with van der Waals surface area (Å²) in [5, 5.41) is 13.2. The van der Waals surface area contributed by atoms with Crippen molar-refractivity contribution < 1.29 is 27.4 Å². The molecule has 0 bridgehead atoms. The minimum absolute atomic E-state index is 0.0341. The zero-order valence-electron chi connectivity index (χ0n) is 14.4. The van der Waals surface area contributed by atoms with Crippen LogP contribution in [0.3, 0.4) is 0 Å². The molecule has 0 saturated heterocycles. The molecule has 2 aromatic carbocycles. The molecular formula is C18H19F4N3O2. The smallest absolute Gasteiger partial charge is 0.406 e. The Kier molecular flexibility index (Phi) is 6.27. The van der Waals surface area contributed by atoms with Crippen LogP contribution in [-0.4, -0.2) is 24.0 Å². The normalized spacial score (nSPS) is 14.5. The van der Waals surface area contributed by atoms with Crippen molar-refractivity contribution in [1.29, 1.82) is 0 Å². The van der Waals surface area contributed by atoms with Crippen LogP contribution in [0.15, 0.2) is 53.5 Å². The summed E-state index contributed by atoms with van der Waals surface area (Å²) in [6.45, 7) is 1.70. The minimum atomic E-state index is -4.74. The van der Waals surface area contributed by atoms with Gasteiger partial charge in [0.25, 0.3) is 0 Å². The Morgan fingerprint density at radius 3 is 2.26 bits per heavy atom. The summed E-state index contributed by atoms with van der Waals surface area (Å²) >= 11 is 0. The molecule has 1 unspecified atom stereocenters. The van der Waals surface area contributed by atoms with Crippen LogP contribution in [0.2, 0.25) is 0 Å². The first-order valence-corrected chi connectivity index (χ1v) is 7.92. The second-order valence-electron chi connectivity index (χ2n) is 6.03. The van der Waals surface area contributed by atoms with E-state index in [2.05, 4.69) is 15.0 Å². The molecule has 0 heterocycles. The summed E-state index contributed by atoms with van der Waals surface area (Å²) in [6.07, 6.45) is -4.74. The van der Waals surface area contributed by atoms with Crippen molar-refractivity contribution in [1.82, 2.24) is 5.32 Å². The van der Waals surface area contributed by atoms with E-state index < -0.39 is 17.8 Å². The molecule has 1 atom stereocenters. The topological polar surface area (TPSA) is 79.9 Å². The summed E-state index contributed by atoms with van der Waals surface area (Å²) in [4.78, 5) is 4.06. The minimum Gasteiger partial charge on any atom is -0.406 e. The average molecular weight is 385 g/mol. The van der Waals surface area contributed by atoms with Crippen LogP contribution >= 0.6 is 0 Å². The first-order valence-electron chi connectivity index (χ1n) is 7.92. The van der Waals surface area contributed by atoms with E-state index in [9.17, 15) is 22.7 Å². The third kappa shape index (κ3) is 6.78. The lowest BCUT2D eigenvalue weighted by Gasteiger charge is -2.24. The van der Waals surface area contributed by atoms with E-state index in [1.165, 1.54) is 48.5 Å². The van der Waals surface area contributed by atoms with E-state index in [-0.39, 0.29) is 24.8 Å². The monoisotopic (exact) mass is 385 g/mol. The highest BCUT2D eigenvalue weighted by molar-refractivity contribution is 5.77. The molecule has 0 aliphatic carbocycles. The van der Waals surface area contributed by atoms with Gasteiger partial charge in [-0.05, 0) is 42.3 Å². The van der Waals surface area contributed by atoms with Gasteiger partial charge >= 0.3 is 6.36 Å². The van der Waals surface area contributed by atoms with E-state index >= 15 is 0 Å². The lowest BCUT2D eigenvalue weighted by atomic mass is 9.96. The number of ether oxygens (including phenoxy) is 1. The van der Waals surface area contributed by atoms with Crippen molar-refractivity contribution in [3.05, 3.63) is 65.5 Å². The van der Waals surface area contributed by atoms with Crippen molar-refractivity contribution in [2.45, 2.75) is 25.4 Å². The molecule has 2 rings (SSSR count). The Morgan fingerprint density at radius 2 is 1.70 bits per heavy atom. The van der Waals surface area contributed by atoms with Crippen LogP contribution in [0.25, 0.3) is 0 Å². The highest BCUT2D eigenvalue weighted by Crippen LogP contribution is 2.23. The van der Waals surface area contributed by atoms with E-state index in [0.717, 1.165) is 0 Å². The van der Waals surface area contributed by atoms with Crippen LogP contribution in [0.1, 0.15) is 18.1 Å². The summed E-state index contributed by atoms with van der Waals surface area (Å²) in [7, 11) is 0. The van der Waals surface area contributed by atoms with Crippen LogP contribution < -0.4 is 15.8 Å². The van der Waals surface area contributed by atoms with Gasteiger partial charge < -0.3 is 20.9 Å². The van der Waals surface area contributed by atoms with Gasteiger partial charge in [0.15, 0.2) is 5.96 Å². The largest absolute Gasteiger partial charge is 0.573 e. The molecule has 0 saturated carbocycles. The molecule has 146 valence electrons. The van der Waals surface area contributed by atoms with Crippen molar-refractivity contribution in [3.8, 4) is 5.75 Å². The average Bonchev–Trinajstić information content (AvgIpc) is 2.58. The number of nitrogens with one attached hydrogen (secondary N) is 1. The molecule has 4 N–H and O–H groups in total. The SMILES string of the molecule is CC(O)(CNC(N)=NCc1ccc(OC(F)(F)F)cc1)c1ccc(F)cc1. The van der Waals surface area contributed by atoms with Crippen LogP contribution in [0.5, 0.6) is 5.75 Å². The molecule has 5 nitrogen and oxygen atoms in total. The number of aliphatic imine (C=N–C) groups is 1. The number of hydrogen-bond acceptors (Lipinski definition) is 3. The van der Waals surface area contributed by atoms with Crippen molar-refractivity contribution in [2.24, 2.45) is 10.7 Å². The maximum atomic E-state index is 13.0. The molecule has 0 aliphatic heterocycles. The zero-order valence-corrected chi connectivity index (χ0v) is 14.4. The number of hydrogen-bond donors (Lipinski definition) is 3. The van der Waals surface area contributed by atoms with E-state index in [1.54, 1.807) is 6.92 Å². The van der Waals surface area contributed by atoms with Crippen molar-refractivity contribution in [2.75, 3.05) is 6.54 Å². The zero-order chi connectivity index (χ0) is 20.1. The first kappa shape index (κ1) is 20.5. The Bertz CT molecular complexity index is 773. The number of nitrogens with two attached hydrogens (primary N) is 1. The Balaban J connectivity index is 1.89. The van der Waals surface area contributed by atoms with Gasteiger partial charge in [0.05, 0.1) is 13.1 Å². The molecule has 2 aromatic rings. The fraction of sp³-hybridized carbons (Fsp3) is 0.278. The predicted molar refractivity (Wildman–Crippen MR) is 92.4 cm³/mol. The molecular weight excluding hydrogens is 366 g/mol. The van der Waals surface area contributed by atoms with Gasteiger partial charge in [-0.25, -0.2) is 9.38 Å². The van der Waals surface area contributed by atoms with E-state index in [4.69, 9.17) is 5.73 Å². The highest BCUT2D eigenvalue weighted by atomic mass is 19.4. The van der Waals surface area contributed by atoms with Gasteiger partial charge in [0.1, 0.15) is 17.2 Å². The van der Waals surface area contributed by atoms with Crippen molar-refractivity contribution >= 4 is 5.96 Å². The molecule has 0 spiro atoms. The fourth-order valence-corrected chi connectivity index (χ4v) is 2.20. The number of nitrogens with zero attached hydrogens (tertiary/aromatic N) is 1. The lowest BCUT2D eigenvalue weighted by molar-refractivity contribution is -0.274. The quantitative estimate of drug-likeness (QED) is 0.406. The maximum Gasteiger partial charge on any atom is 0.573 e. The molecule has 27 heavy (non-hydrogen) atoms. The van der Waals surface area contributed by atoms with Crippen LogP contribution in [-0.2, 0) is 12.1 Å². The molecule has 0 fully saturated rings. The first-order chi connectivity index (χ1) is 12.5. The van der Waals surface area contributed by atoms with E-state index in [1.807, 2.05) is 0 Å². The Morgan fingerprint density at radius 1 is 1.11 bits per heavy atom. The van der Waals surface area contributed by atoms with Gasteiger partial charge in [-0.3, -0.25) is 0 Å². The predicted octanol–water partition coefficient (Wildman–Crippen LogP) is 3.04. The Hall–Kier alpha value is -2.81. The summed E-state index contributed by atoms with van der Waals surface area (Å²) in [6, 6.07) is 10.7. The molecule has 9 heteroatoms. The third-order valence-electron chi connectivity index (χ3n) is 3.67. The molecule has 0 amide bonds. The highest BCUT2D eigenvalue weighted by Gasteiger charge is 2.30. The standard InChI is InChI=1S/C18H19F4N3O2/c1-17(26,13-4-6-14(19)7-5-13)11-25-16(23)24-10-12-2-8-15(9-3-12)27-18(20,21)22/h2-9,26H,10-11H2,1H3,(H3,23,24,25).